The van der Waals surface area contributed by atoms with Crippen LogP contribution in [0, 0.1) is 5.92 Å². The number of hydrogen-bond donors (Lipinski definition) is 6. The summed E-state index contributed by atoms with van der Waals surface area (Å²) < 4.78 is 77.8. The van der Waals surface area contributed by atoms with Gasteiger partial charge in [-0.05, 0) is 63.5 Å². The lowest BCUT2D eigenvalue weighted by Crippen LogP contribution is -2.51. The maximum atomic E-state index is 13.0. The summed E-state index contributed by atoms with van der Waals surface area (Å²) in [5.41, 5.74) is -1.88. The number of carboxylic acids is 1. The van der Waals surface area contributed by atoms with Gasteiger partial charge in [-0.15, -0.1) is 0 Å². The highest BCUT2D eigenvalue weighted by Crippen LogP contribution is 2.31. The molecular formula is C30H40F6N6O4. The van der Waals surface area contributed by atoms with Crippen LogP contribution in [0.1, 0.15) is 23.1 Å². The van der Waals surface area contributed by atoms with Gasteiger partial charge in [0.15, 0.2) is 0 Å². The molecule has 46 heavy (non-hydrogen) atoms. The Morgan fingerprint density at radius 3 is 1.98 bits per heavy atom. The molecular weight excluding hydrogens is 622 g/mol. The molecule has 0 aliphatic carbocycles. The number of alkyl halides is 6. The van der Waals surface area contributed by atoms with Gasteiger partial charge in [0.25, 0.3) is 0 Å². The van der Waals surface area contributed by atoms with Gasteiger partial charge in [0.05, 0.1) is 23.1 Å². The molecule has 10 nitrogen and oxygen atoms in total. The number of nitrogens with one attached hydrogen (secondary N) is 5. The predicted octanol–water partition coefficient (Wildman–Crippen LogP) is 2.81. The van der Waals surface area contributed by atoms with Crippen molar-refractivity contribution in [3.8, 4) is 0 Å². The second kappa shape index (κ2) is 17.8. The number of amides is 2. The Morgan fingerprint density at radius 2 is 1.48 bits per heavy atom. The Hall–Kier alpha value is -3.73. The van der Waals surface area contributed by atoms with Crippen LogP contribution in [-0.2, 0) is 33.2 Å². The van der Waals surface area contributed by atoms with Gasteiger partial charge in [-0.3, -0.25) is 19.3 Å². The second-order valence-electron chi connectivity index (χ2n) is 10.7. The van der Waals surface area contributed by atoms with Crippen molar-refractivity contribution in [1.29, 1.82) is 0 Å². The minimum atomic E-state index is -4.66. The number of benzene rings is 2. The molecule has 0 bridgehead atoms. The molecule has 1 aliphatic rings. The average molecular weight is 663 g/mol. The highest BCUT2D eigenvalue weighted by molar-refractivity contribution is 5.98. The summed E-state index contributed by atoms with van der Waals surface area (Å²) >= 11 is 0. The molecule has 256 valence electrons. The summed E-state index contributed by atoms with van der Waals surface area (Å²) in [5, 5.41) is 23.4. The molecule has 0 spiro atoms. The first-order valence-corrected chi connectivity index (χ1v) is 14.4. The topological polar surface area (TPSA) is 135 Å². The van der Waals surface area contributed by atoms with E-state index in [0.29, 0.717) is 6.07 Å². The van der Waals surface area contributed by atoms with Gasteiger partial charge in [0, 0.05) is 44.8 Å². The highest BCUT2D eigenvalue weighted by atomic mass is 19.4. The van der Waals surface area contributed by atoms with E-state index in [-0.39, 0.29) is 30.6 Å². The normalized spacial score (nSPS) is 17.5. The fraction of sp³-hybridized carbons (Fsp3) is 0.500. The lowest BCUT2D eigenvalue weighted by atomic mass is 10.0. The number of carbonyl (C=O) groups excluding carboxylic acids is 2. The van der Waals surface area contributed by atoms with Gasteiger partial charge in [0.1, 0.15) is 6.04 Å². The van der Waals surface area contributed by atoms with E-state index < -0.39 is 59.3 Å². The van der Waals surface area contributed by atoms with Gasteiger partial charge >= 0.3 is 18.3 Å². The predicted molar refractivity (Wildman–Crippen MR) is 160 cm³/mol. The SMILES string of the molecule is CN1C[C@@H](C(=O)O)CC1C(=O)N[C@@H](Cc1ccc(C(F)(F)F)cc1)C(=O)Nc1cccc(C(F)(F)F)c1.CNCCNCCNC. The van der Waals surface area contributed by atoms with E-state index in [2.05, 4.69) is 26.6 Å². The minimum Gasteiger partial charge on any atom is -0.481 e. The molecule has 1 saturated heterocycles. The number of aliphatic carboxylic acids is 1. The number of anilines is 1. The van der Waals surface area contributed by atoms with Gasteiger partial charge in [-0.25, -0.2) is 0 Å². The first-order valence-electron chi connectivity index (χ1n) is 14.4. The Kier molecular flexibility index (Phi) is 14.9. The third kappa shape index (κ3) is 12.6. The third-order valence-electron chi connectivity index (χ3n) is 7.12. The standard InChI is InChI=1S/C24H23F6N3O4.C6H17N3/c1-33-12-14(22(36)37)10-19(33)21(35)32-18(9-13-5-7-15(8-6-13)23(25,26)27)20(34)31-17-4-2-3-16(11-17)24(28,29)30;1-7-3-5-9-6-4-8-2/h2-8,11,14,18-19H,9-10,12H2,1H3,(H,31,34)(H,32,35)(H,36,37);7-9H,3-6H2,1-2H3/t14-,18-,19?;/m0./s1. The van der Waals surface area contributed by atoms with Crippen molar-refractivity contribution in [3.63, 3.8) is 0 Å². The third-order valence-corrected chi connectivity index (χ3v) is 7.12. The van der Waals surface area contributed by atoms with E-state index in [1.807, 2.05) is 14.1 Å². The zero-order valence-electron chi connectivity index (χ0n) is 25.7. The first-order chi connectivity index (χ1) is 21.6. The summed E-state index contributed by atoms with van der Waals surface area (Å²) in [6, 6.07) is 5.41. The van der Waals surface area contributed by atoms with Gasteiger partial charge in [-0.1, -0.05) is 18.2 Å². The van der Waals surface area contributed by atoms with E-state index in [9.17, 15) is 45.8 Å². The molecule has 0 saturated carbocycles. The van der Waals surface area contributed by atoms with Crippen LogP contribution >= 0.6 is 0 Å². The lowest BCUT2D eigenvalue weighted by molar-refractivity contribution is -0.141. The van der Waals surface area contributed by atoms with Crippen molar-refractivity contribution < 1.29 is 45.8 Å². The second-order valence-corrected chi connectivity index (χ2v) is 10.7. The molecule has 2 aromatic carbocycles. The Morgan fingerprint density at radius 1 is 0.891 bits per heavy atom. The molecule has 1 fully saturated rings. The van der Waals surface area contributed by atoms with Crippen LogP contribution < -0.4 is 26.6 Å². The summed E-state index contributed by atoms with van der Waals surface area (Å²) in [4.78, 5) is 38.7. The van der Waals surface area contributed by atoms with E-state index in [1.165, 1.54) is 18.0 Å². The number of rotatable bonds is 13. The quantitative estimate of drug-likeness (QED) is 0.143. The molecule has 3 rings (SSSR count). The fourth-order valence-corrected chi connectivity index (χ4v) is 4.58. The van der Waals surface area contributed by atoms with E-state index in [1.54, 1.807) is 0 Å². The zero-order valence-corrected chi connectivity index (χ0v) is 25.7. The van der Waals surface area contributed by atoms with Crippen molar-refractivity contribution in [2.24, 2.45) is 5.92 Å². The Bertz CT molecular complexity index is 1270. The van der Waals surface area contributed by atoms with Crippen LogP contribution in [0.15, 0.2) is 48.5 Å². The van der Waals surface area contributed by atoms with Crippen LogP contribution in [0.5, 0.6) is 0 Å². The molecule has 2 aromatic rings. The maximum Gasteiger partial charge on any atom is 0.416 e. The van der Waals surface area contributed by atoms with Crippen LogP contribution in [0.25, 0.3) is 0 Å². The van der Waals surface area contributed by atoms with Crippen LogP contribution in [0.2, 0.25) is 0 Å². The Balaban J connectivity index is 0.000000713. The van der Waals surface area contributed by atoms with Crippen molar-refractivity contribution in [3.05, 3.63) is 65.2 Å². The van der Waals surface area contributed by atoms with Gasteiger partial charge in [0.2, 0.25) is 11.8 Å². The first kappa shape index (κ1) is 38.5. The fourth-order valence-electron chi connectivity index (χ4n) is 4.58. The molecule has 0 aromatic heterocycles. The van der Waals surface area contributed by atoms with Crippen LogP contribution in [0.4, 0.5) is 32.0 Å². The minimum absolute atomic E-state index is 0.0279. The largest absolute Gasteiger partial charge is 0.481 e. The summed E-state index contributed by atoms with van der Waals surface area (Å²) in [7, 11) is 5.44. The molecule has 16 heteroatoms. The molecule has 0 radical (unpaired) electrons. The summed E-state index contributed by atoms with van der Waals surface area (Å²) in [6.45, 7) is 4.29. The van der Waals surface area contributed by atoms with Crippen molar-refractivity contribution in [2.75, 3.05) is 59.2 Å². The van der Waals surface area contributed by atoms with Crippen LogP contribution in [-0.4, -0.2) is 93.7 Å². The van der Waals surface area contributed by atoms with E-state index >= 15 is 0 Å². The number of nitrogens with zero attached hydrogens (tertiary/aromatic N) is 1. The molecule has 6 N–H and O–H groups in total. The van der Waals surface area contributed by atoms with E-state index in [0.717, 1.165) is 62.6 Å². The lowest BCUT2D eigenvalue weighted by Gasteiger charge is -2.24. The number of likely N-dealkylation sites (tertiary alicyclic amines) is 1. The number of hydrogen-bond acceptors (Lipinski definition) is 7. The highest BCUT2D eigenvalue weighted by Gasteiger charge is 2.39. The number of carbonyl (C=O) groups is 3. The van der Waals surface area contributed by atoms with Crippen LogP contribution in [0.3, 0.4) is 0 Å². The molecule has 2 amide bonds. The molecule has 1 heterocycles. The Labute approximate surface area is 263 Å². The number of halogens is 6. The smallest absolute Gasteiger partial charge is 0.416 e. The number of likely N-dealkylation sites (N-methyl/N-ethyl adjacent to an activating group) is 3. The van der Waals surface area contributed by atoms with Crippen molar-refractivity contribution in [1.82, 2.24) is 26.2 Å². The van der Waals surface area contributed by atoms with Crippen molar-refractivity contribution >= 4 is 23.5 Å². The molecule has 1 aliphatic heterocycles. The molecule has 1 unspecified atom stereocenters. The van der Waals surface area contributed by atoms with Crippen molar-refractivity contribution in [2.45, 2.75) is 37.3 Å². The monoisotopic (exact) mass is 662 g/mol. The maximum absolute atomic E-state index is 13.0. The van der Waals surface area contributed by atoms with Gasteiger partial charge < -0.3 is 31.7 Å². The summed E-state index contributed by atoms with van der Waals surface area (Å²) in [5.74, 6) is -3.50. The molecule has 3 atom stereocenters. The average Bonchev–Trinajstić information content (AvgIpc) is 3.39. The van der Waals surface area contributed by atoms with Gasteiger partial charge in [-0.2, -0.15) is 26.3 Å². The number of carboxylic acid groups (broad SMARTS) is 1. The van der Waals surface area contributed by atoms with E-state index in [4.69, 9.17) is 0 Å². The summed E-state index contributed by atoms with van der Waals surface area (Å²) in [6.07, 6.45) is -9.55. The zero-order chi connectivity index (χ0) is 34.5.